The average molecular weight is 418 g/mol. The maximum Gasteiger partial charge on any atom is 0.407 e. The summed E-state index contributed by atoms with van der Waals surface area (Å²) >= 11 is 0. The second kappa shape index (κ2) is 8.47. The zero-order valence-electron chi connectivity index (χ0n) is 16.9. The summed E-state index contributed by atoms with van der Waals surface area (Å²) in [7, 11) is 1.58. The molecule has 2 aromatic carbocycles. The molecule has 0 saturated carbocycles. The molecule has 7 heteroatoms. The normalized spacial score (nSPS) is 13.2. The lowest BCUT2D eigenvalue weighted by molar-refractivity contribution is -0.139. The summed E-state index contributed by atoms with van der Waals surface area (Å²) in [6.45, 7) is 0.103. The smallest absolute Gasteiger partial charge is 0.407 e. The van der Waals surface area contributed by atoms with Crippen LogP contribution in [0.25, 0.3) is 11.1 Å². The number of alkyl carbamates (subject to hydrolysis) is 1. The predicted molar refractivity (Wildman–Crippen MR) is 115 cm³/mol. The first-order valence-electron chi connectivity index (χ1n) is 9.94. The van der Waals surface area contributed by atoms with Crippen LogP contribution in [0.2, 0.25) is 0 Å². The number of aliphatic carboxylic acids is 1. The van der Waals surface area contributed by atoms with E-state index in [2.05, 4.69) is 5.32 Å². The van der Waals surface area contributed by atoms with Gasteiger partial charge in [0.15, 0.2) is 0 Å². The molecule has 0 aliphatic heterocycles. The number of nitrogens with one attached hydrogen (secondary N) is 1. The lowest BCUT2D eigenvalue weighted by Gasteiger charge is -2.17. The van der Waals surface area contributed by atoms with Crippen LogP contribution < -0.4 is 10.9 Å². The highest BCUT2D eigenvalue weighted by Gasteiger charge is 2.29. The highest BCUT2D eigenvalue weighted by molar-refractivity contribution is 5.81. The summed E-state index contributed by atoms with van der Waals surface area (Å²) in [5.41, 5.74) is 4.82. The largest absolute Gasteiger partial charge is 0.480 e. The molecule has 4 rings (SSSR count). The number of amides is 1. The van der Waals surface area contributed by atoms with Gasteiger partial charge in [-0.05, 0) is 27.8 Å². The van der Waals surface area contributed by atoms with Gasteiger partial charge in [0, 0.05) is 31.6 Å². The second-order valence-corrected chi connectivity index (χ2v) is 7.55. The molecule has 1 aromatic heterocycles. The number of rotatable bonds is 6. The Morgan fingerprint density at radius 1 is 1.03 bits per heavy atom. The first-order valence-corrected chi connectivity index (χ1v) is 9.94. The fraction of sp³-hybridized carbons (Fsp3) is 0.208. The highest BCUT2D eigenvalue weighted by atomic mass is 16.5. The third-order valence-electron chi connectivity index (χ3n) is 5.52. The van der Waals surface area contributed by atoms with Crippen LogP contribution in [0.4, 0.5) is 4.79 Å². The Labute approximate surface area is 178 Å². The summed E-state index contributed by atoms with van der Waals surface area (Å²) in [4.78, 5) is 35.5. The van der Waals surface area contributed by atoms with Crippen LogP contribution in [-0.4, -0.2) is 34.4 Å². The van der Waals surface area contributed by atoms with E-state index in [1.54, 1.807) is 19.3 Å². The fourth-order valence-electron chi connectivity index (χ4n) is 3.99. The van der Waals surface area contributed by atoms with Crippen molar-refractivity contribution in [3.05, 3.63) is 93.9 Å². The van der Waals surface area contributed by atoms with E-state index in [4.69, 9.17) is 4.74 Å². The van der Waals surface area contributed by atoms with Crippen LogP contribution >= 0.6 is 0 Å². The highest BCUT2D eigenvalue weighted by Crippen LogP contribution is 2.44. The van der Waals surface area contributed by atoms with Crippen molar-refractivity contribution < 1.29 is 19.4 Å². The van der Waals surface area contributed by atoms with Gasteiger partial charge in [-0.15, -0.1) is 0 Å². The number of carboxylic acid groups (broad SMARTS) is 1. The Morgan fingerprint density at radius 3 is 2.23 bits per heavy atom. The molecule has 0 unspecified atom stereocenters. The predicted octanol–water partition coefficient (Wildman–Crippen LogP) is 2.92. The van der Waals surface area contributed by atoms with Crippen molar-refractivity contribution in [2.24, 2.45) is 7.05 Å². The number of aryl methyl sites for hydroxylation is 1. The van der Waals surface area contributed by atoms with Crippen LogP contribution in [0.15, 0.2) is 71.7 Å². The monoisotopic (exact) mass is 418 g/mol. The summed E-state index contributed by atoms with van der Waals surface area (Å²) in [5, 5.41) is 11.9. The zero-order valence-corrected chi connectivity index (χ0v) is 16.9. The molecular weight excluding hydrogens is 396 g/mol. The van der Waals surface area contributed by atoms with Crippen molar-refractivity contribution in [1.82, 2.24) is 9.88 Å². The number of hydrogen-bond acceptors (Lipinski definition) is 4. The summed E-state index contributed by atoms with van der Waals surface area (Å²) < 4.78 is 6.79. The first kappa shape index (κ1) is 20.4. The lowest BCUT2D eigenvalue weighted by Crippen LogP contribution is -2.43. The number of carboxylic acids is 1. The Balaban J connectivity index is 1.44. The van der Waals surface area contributed by atoms with Gasteiger partial charge < -0.3 is 19.7 Å². The van der Waals surface area contributed by atoms with Gasteiger partial charge in [0.2, 0.25) is 5.56 Å². The number of nitrogens with zero attached hydrogens (tertiary/aromatic N) is 1. The van der Waals surface area contributed by atoms with Gasteiger partial charge in [-0.25, -0.2) is 9.59 Å². The van der Waals surface area contributed by atoms with E-state index in [9.17, 15) is 19.5 Å². The van der Waals surface area contributed by atoms with Crippen LogP contribution in [0, 0.1) is 0 Å². The Hall–Kier alpha value is -3.87. The molecule has 1 atom stereocenters. The molecule has 1 aliphatic carbocycles. The van der Waals surface area contributed by atoms with E-state index >= 15 is 0 Å². The molecular formula is C24H22N2O5. The summed E-state index contributed by atoms with van der Waals surface area (Å²) in [6.07, 6.45) is 0.796. The molecule has 158 valence electrons. The van der Waals surface area contributed by atoms with Crippen molar-refractivity contribution in [3.8, 4) is 11.1 Å². The topological polar surface area (TPSA) is 97.6 Å². The first-order chi connectivity index (χ1) is 14.9. The standard InChI is InChI=1S/C24H22N2O5/c1-26-13-15(10-11-22(26)27)12-21(23(28)29)25-24(30)31-14-20-18-8-4-2-6-16(18)17-7-3-5-9-19(17)20/h2-11,13,20-21H,12,14H2,1H3,(H,25,30)(H,28,29)/t21-/m0/s1. The average Bonchev–Trinajstić information content (AvgIpc) is 3.08. The zero-order chi connectivity index (χ0) is 22.0. The van der Waals surface area contributed by atoms with Gasteiger partial charge >= 0.3 is 12.1 Å². The number of benzene rings is 2. The van der Waals surface area contributed by atoms with Gasteiger partial charge in [0.05, 0.1) is 0 Å². The van der Waals surface area contributed by atoms with Crippen molar-refractivity contribution in [3.63, 3.8) is 0 Å². The Bertz CT molecular complexity index is 1150. The molecule has 0 fully saturated rings. The number of fused-ring (bicyclic) bond motifs is 3. The van der Waals surface area contributed by atoms with E-state index in [0.29, 0.717) is 5.56 Å². The molecule has 1 amide bonds. The molecule has 1 aliphatic rings. The fourth-order valence-corrected chi connectivity index (χ4v) is 3.99. The number of hydrogen-bond donors (Lipinski definition) is 2. The molecule has 0 radical (unpaired) electrons. The third kappa shape index (κ3) is 4.21. The van der Waals surface area contributed by atoms with Crippen LogP contribution in [0.3, 0.4) is 0 Å². The molecule has 0 spiro atoms. The molecule has 31 heavy (non-hydrogen) atoms. The number of pyridine rings is 1. The van der Waals surface area contributed by atoms with Gasteiger partial charge in [-0.1, -0.05) is 54.6 Å². The van der Waals surface area contributed by atoms with Gasteiger partial charge in [0.1, 0.15) is 12.6 Å². The Morgan fingerprint density at radius 2 is 1.65 bits per heavy atom. The Kier molecular flexibility index (Phi) is 5.58. The minimum Gasteiger partial charge on any atom is -0.480 e. The molecule has 2 N–H and O–H groups in total. The number of carbonyl (C=O) groups is 2. The molecule has 0 bridgehead atoms. The van der Waals surface area contributed by atoms with E-state index in [-0.39, 0.29) is 24.5 Å². The number of ether oxygens (including phenoxy) is 1. The molecule has 1 heterocycles. The minimum absolute atomic E-state index is 0.0354. The van der Waals surface area contributed by atoms with E-state index in [1.807, 2.05) is 48.5 Å². The van der Waals surface area contributed by atoms with Gasteiger partial charge in [0.25, 0.3) is 0 Å². The van der Waals surface area contributed by atoms with Gasteiger partial charge in [-0.2, -0.15) is 0 Å². The van der Waals surface area contributed by atoms with E-state index < -0.39 is 18.1 Å². The number of carbonyl (C=O) groups excluding carboxylic acids is 1. The van der Waals surface area contributed by atoms with Crippen LogP contribution in [0.5, 0.6) is 0 Å². The van der Waals surface area contributed by atoms with Crippen molar-refractivity contribution >= 4 is 12.1 Å². The van der Waals surface area contributed by atoms with Crippen molar-refractivity contribution in [2.75, 3.05) is 6.61 Å². The summed E-state index contributed by atoms with van der Waals surface area (Å²) in [5.74, 6) is -1.28. The van der Waals surface area contributed by atoms with E-state index in [0.717, 1.165) is 22.3 Å². The number of aromatic nitrogens is 1. The second-order valence-electron chi connectivity index (χ2n) is 7.55. The quantitative estimate of drug-likeness (QED) is 0.642. The maximum atomic E-state index is 12.4. The van der Waals surface area contributed by atoms with Crippen LogP contribution in [0.1, 0.15) is 22.6 Å². The molecule has 0 saturated heterocycles. The van der Waals surface area contributed by atoms with Crippen LogP contribution in [-0.2, 0) is 23.0 Å². The van der Waals surface area contributed by atoms with Crippen molar-refractivity contribution in [2.45, 2.75) is 18.4 Å². The molecule has 7 nitrogen and oxygen atoms in total. The third-order valence-corrected chi connectivity index (χ3v) is 5.52. The lowest BCUT2D eigenvalue weighted by atomic mass is 9.98. The van der Waals surface area contributed by atoms with Crippen molar-refractivity contribution in [1.29, 1.82) is 0 Å². The molecule has 3 aromatic rings. The van der Waals surface area contributed by atoms with E-state index in [1.165, 1.54) is 10.6 Å². The van der Waals surface area contributed by atoms with Gasteiger partial charge in [-0.3, -0.25) is 4.79 Å². The SMILES string of the molecule is Cn1cc(C[C@H](NC(=O)OCC2c3ccccc3-c3ccccc32)C(=O)O)ccc1=O. The summed E-state index contributed by atoms with van der Waals surface area (Å²) in [6, 6.07) is 17.7. The maximum absolute atomic E-state index is 12.4. The minimum atomic E-state index is -1.18.